The number of rotatable bonds is 7. The molecular formula is C22H21BrN2O3. The number of ether oxygens (including phenoxy) is 2. The summed E-state index contributed by atoms with van der Waals surface area (Å²) >= 11 is 3.41. The lowest BCUT2D eigenvalue weighted by Gasteiger charge is -2.10. The van der Waals surface area contributed by atoms with E-state index in [1.54, 1.807) is 6.08 Å². The second-order valence-electron chi connectivity index (χ2n) is 6.50. The molecule has 144 valence electrons. The number of hydrogen-bond donors (Lipinski definition) is 1. The molecule has 1 fully saturated rings. The molecule has 0 radical (unpaired) electrons. The SMILES string of the molecule is N#C/C(=C\c1ccc(OCc2ccc(Br)cc2)cc1)C(=O)NC[C@@H]1CCCO1. The third kappa shape index (κ3) is 5.95. The molecule has 0 aliphatic carbocycles. The van der Waals surface area contributed by atoms with Crippen molar-refractivity contribution in [2.24, 2.45) is 0 Å². The molecule has 1 saturated heterocycles. The lowest BCUT2D eigenvalue weighted by molar-refractivity contribution is -0.117. The summed E-state index contributed by atoms with van der Waals surface area (Å²) < 4.78 is 12.3. The van der Waals surface area contributed by atoms with Crippen LogP contribution in [0.2, 0.25) is 0 Å². The number of nitrogens with one attached hydrogen (secondary N) is 1. The van der Waals surface area contributed by atoms with Gasteiger partial charge >= 0.3 is 0 Å². The van der Waals surface area contributed by atoms with Gasteiger partial charge in [0.2, 0.25) is 0 Å². The lowest BCUT2D eigenvalue weighted by atomic mass is 10.1. The van der Waals surface area contributed by atoms with Gasteiger partial charge in [-0.25, -0.2) is 0 Å². The van der Waals surface area contributed by atoms with Crippen LogP contribution in [-0.2, 0) is 16.1 Å². The Morgan fingerprint density at radius 3 is 2.64 bits per heavy atom. The number of nitriles is 1. The van der Waals surface area contributed by atoms with Crippen molar-refractivity contribution in [2.75, 3.05) is 13.2 Å². The highest BCUT2D eigenvalue weighted by atomic mass is 79.9. The number of halogens is 1. The first-order valence-corrected chi connectivity index (χ1v) is 9.92. The minimum atomic E-state index is -0.381. The average Bonchev–Trinajstić information content (AvgIpc) is 3.24. The number of nitrogens with zero attached hydrogens (tertiary/aromatic N) is 1. The molecule has 3 rings (SSSR count). The summed E-state index contributed by atoms with van der Waals surface area (Å²) in [7, 11) is 0. The molecule has 5 nitrogen and oxygen atoms in total. The van der Waals surface area contributed by atoms with E-state index < -0.39 is 0 Å². The van der Waals surface area contributed by atoms with E-state index in [-0.39, 0.29) is 17.6 Å². The maximum atomic E-state index is 12.2. The highest BCUT2D eigenvalue weighted by Crippen LogP contribution is 2.17. The Balaban J connectivity index is 1.55. The van der Waals surface area contributed by atoms with Crippen LogP contribution in [0.25, 0.3) is 6.08 Å². The third-order valence-electron chi connectivity index (χ3n) is 4.39. The quantitative estimate of drug-likeness (QED) is 0.516. The summed E-state index contributed by atoms with van der Waals surface area (Å²) in [6, 6.07) is 17.2. The van der Waals surface area contributed by atoms with Crippen molar-refractivity contribution in [3.63, 3.8) is 0 Å². The predicted molar refractivity (Wildman–Crippen MR) is 110 cm³/mol. The number of hydrogen-bond acceptors (Lipinski definition) is 4. The van der Waals surface area contributed by atoms with Crippen LogP contribution in [-0.4, -0.2) is 25.2 Å². The second-order valence-corrected chi connectivity index (χ2v) is 7.41. The van der Waals surface area contributed by atoms with E-state index in [0.29, 0.717) is 13.2 Å². The highest BCUT2D eigenvalue weighted by Gasteiger charge is 2.17. The molecule has 1 atom stereocenters. The van der Waals surface area contributed by atoms with Crippen LogP contribution in [0.15, 0.2) is 58.6 Å². The highest BCUT2D eigenvalue weighted by molar-refractivity contribution is 9.10. The van der Waals surface area contributed by atoms with Gasteiger partial charge in [-0.05, 0) is 54.3 Å². The molecule has 1 N–H and O–H groups in total. The van der Waals surface area contributed by atoms with Gasteiger partial charge in [0, 0.05) is 17.6 Å². The van der Waals surface area contributed by atoms with E-state index in [1.807, 2.05) is 54.6 Å². The third-order valence-corrected chi connectivity index (χ3v) is 4.92. The van der Waals surface area contributed by atoms with Gasteiger partial charge in [-0.15, -0.1) is 0 Å². The van der Waals surface area contributed by atoms with Gasteiger partial charge in [-0.2, -0.15) is 5.26 Å². The minimum Gasteiger partial charge on any atom is -0.489 e. The molecule has 0 bridgehead atoms. The molecule has 0 saturated carbocycles. The van der Waals surface area contributed by atoms with Crippen molar-refractivity contribution < 1.29 is 14.3 Å². The van der Waals surface area contributed by atoms with Crippen LogP contribution in [0.3, 0.4) is 0 Å². The molecule has 1 amide bonds. The first kappa shape index (κ1) is 20.1. The van der Waals surface area contributed by atoms with Gasteiger partial charge in [-0.3, -0.25) is 4.79 Å². The van der Waals surface area contributed by atoms with E-state index in [9.17, 15) is 10.1 Å². The zero-order valence-electron chi connectivity index (χ0n) is 15.4. The molecule has 0 unspecified atom stereocenters. The Bertz CT molecular complexity index is 864. The number of carbonyl (C=O) groups is 1. The normalized spacial score (nSPS) is 16.4. The van der Waals surface area contributed by atoms with Crippen molar-refractivity contribution in [1.82, 2.24) is 5.32 Å². The van der Waals surface area contributed by atoms with E-state index in [2.05, 4.69) is 21.2 Å². The Morgan fingerprint density at radius 1 is 1.25 bits per heavy atom. The van der Waals surface area contributed by atoms with Gasteiger partial charge in [0.05, 0.1) is 6.10 Å². The van der Waals surface area contributed by atoms with Crippen LogP contribution < -0.4 is 10.1 Å². The Hall–Kier alpha value is -2.62. The molecule has 2 aromatic rings. The van der Waals surface area contributed by atoms with Crippen molar-refractivity contribution in [3.8, 4) is 11.8 Å². The topological polar surface area (TPSA) is 71.3 Å². The molecule has 1 heterocycles. The molecule has 0 spiro atoms. The van der Waals surface area contributed by atoms with E-state index in [4.69, 9.17) is 9.47 Å². The van der Waals surface area contributed by atoms with E-state index in [0.717, 1.165) is 40.8 Å². The van der Waals surface area contributed by atoms with Crippen LogP contribution in [0.1, 0.15) is 24.0 Å². The maximum absolute atomic E-state index is 12.2. The van der Waals surface area contributed by atoms with Crippen LogP contribution in [0.4, 0.5) is 0 Å². The molecule has 6 heteroatoms. The average molecular weight is 441 g/mol. The van der Waals surface area contributed by atoms with E-state index >= 15 is 0 Å². The maximum Gasteiger partial charge on any atom is 0.262 e. The smallest absolute Gasteiger partial charge is 0.262 e. The van der Waals surface area contributed by atoms with E-state index in [1.165, 1.54) is 0 Å². The van der Waals surface area contributed by atoms with Crippen LogP contribution in [0.5, 0.6) is 5.75 Å². The van der Waals surface area contributed by atoms with Gasteiger partial charge in [0.25, 0.3) is 5.91 Å². The van der Waals surface area contributed by atoms with Gasteiger partial charge in [0.1, 0.15) is 24.0 Å². The fourth-order valence-corrected chi connectivity index (χ4v) is 3.09. The van der Waals surface area contributed by atoms with Crippen LogP contribution in [0, 0.1) is 11.3 Å². The fourth-order valence-electron chi connectivity index (χ4n) is 2.83. The summed E-state index contributed by atoms with van der Waals surface area (Å²) in [5.41, 5.74) is 1.91. The molecule has 1 aliphatic heterocycles. The lowest BCUT2D eigenvalue weighted by Crippen LogP contribution is -2.32. The summed E-state index contributed by atoms with van der Waals surface area (Å²) in [5, 5.41) is 12.1. The zero-order valence-corrected chi connectivity index (χ0v) is 16.9. The van der Waals surface area contributed by atoms with Gasteiger partial charge in [0.15, 0.2) is 0 Å². The minimum absolute atomic E-state index is 0.0473. The van der Waals surface area contributed by atoms with Crippen molar-refractivity contribution in [1.29, 1.82) is 5.26 Å². The summed E-state index contributed by atoms with van der Waals surface area (Å²) in [6.45, 7) is 1.63. The summed E-state index contributed by atoms with van der Waals surface area (Å²) in [5.74, 6) is 0.343. The Morgan fingerprint density at radius 2 is 2.00 bits per heavy atom. The monoisotopic (exact) mass is 440 g/mol. The molecular weight excluding hydrogens is 420 g/mol. The first-order valence-electron chi connectivity index (χ1n) is 9.13. The number of carbonyl (C=O) groups excluding carboxylic acids is 1. The van der Waals surface area contributed by atoms with Crippen LogP contribution >= 0.6 is 15.9 Å². The molecule has 2 aromatic carbocycles. The molecule has 0 aromatic heterocycles. The zero-order chi connectivity index (χ0) is 19.8. The van der Waals surface area contributed by atoms with Crippen molar-refractivity contribution in [2.45, 2.75) is 25.6 Å². The second kappa shape index (κ2) is 10.1. The largest absolute Gasteiger partial charge is 0.489 e. The van der Waals surface area contributed by atoms with Gasteiger partial charge < -0.3 is 14.8 Å². The van der Waals surface area contributed by atoms with Crippen molar-refractivity contribution >= 4 is 27.9 Å². The predicted octanol–water partition coefficient (Wildman–Crippen LogP) is 4.23. The number of amides is 1. The fraction of sp³-hybridized carbons (Fsp3) is 0.273. The first-order chi connectivity index (χ1) is 13.6. The molecule has 28 heavy (non-hydrogen) atoms. The Kier molecular flexibility index (Phi) is 7.24. The standard InChI is InChI=1S/C22H21BrN2O3/c23-19-7-3-17(4-8-19)15-28-20-9-5-16(6-10-20)12-18(13-24)22(26)25-14-21-2-1-11-27-21/h3-10,12,21H,1-2,11,14-15H2,(H,25,26)/b18-12+/t21-/m0/s1. The summed E-state index contributed by atoms with van der Waals surface area (Å²) in [4.78, 5) is 12.2. The van der Waals surface area contributed by atoms with Crippen molar-refractivity contribution in [3.05, 3.63) is 69.7 Å². The number of benzene rings is 2. The Labute approximate surface area is 173 Å². The molecule has 1 aliphatic rings. The summed E-state index contributed by atoms with van der Waals surface area (Å²) in [6.07, 6.45) is 3.57. The van der Waals surface area contributed by atoms with Gasteiger partial charge in [-0.1, -0.05) is 40.2 Å².